The number of hydrogen-bond acceptors (Lipinski definition) is 1. The molecule has 0 amide bonds. The molecule has 0 radical (unpaired) electrons. The first-order valence-electron chi connectivity index (χ1n) is 16.7. The summed E-state index contributed by atoms with van der Waals surface area (Å²) < 4.78 is 15.4. The molecule has 2 aliphatic rings. The Hall–Kier alpha value is -6.33. The molecule has 0 unspecified atom stereocenters. The first-order chi connectivity index (χ1) is 23.8. The van der Waals surface area contributed by atoms with Gasteiger partial charge in [-0.2, -0.15) is 0 Å². The van der Waals surface area contributed by atoms with E-state index in [1.165, 1.54) is 65.3 Å². The number of fused-ring (bicyclic) bond motifs is 14. The predicted molar refractivity (Wildman–Crippen MR) is 198 cm³/mol. The van der Waals surface area contributed by atoms with Crippen molar-refractivity contribution in [3.63, 3.8) is 0 Å². The highest BCUT2D eigenvalue weighted by Crippen LogP contribution is 2.49. The highest BCUT2D eigenvalue weighted by molar-refractivity contribution is 6.69. The molecule has 7 aromatic carbocycles. The van der Waals surface area contributed by atoms with Crippen molar-refractivity contribution in [3.05, 3.63) is 158 Å². The smallest absolute Gasteiger partial charge is 0.619 e. The van der Waals surface area contributed by atoms with Crippen LogP contribution in [0.1, 0.15) is 0 Å². The summed E-state index contributed by atoms with van der Waals surface area (Å²) in [5, 5.41) is 9.98. The monoisotopic (exact) mass is 611 g/mol. The Morgan fingerprint density at radius 1 is 0.417 bits per heavy atom. The van der Waals surface area contributed by atoms with E-state index in [9.17, 15) is 0 Å². The van der Waals surface area contributed by atoms with Crippen LogP contribution in [0.4, 0.5) is 0 Å². The summed E-state index contributed by atoms with van der Waals surface area (Å²) in [6.45, 7) is -2.22. The topological polar surface area (TPSA) is 23.0 Å². The Morgan fingerprint density at radius 3 is 1.46 bits per heavy atom. The van der Waals surface area contributed by atoms with Crippen molar-refractivity contribution < 1.29 is 9.13 Å². The fourth-order valence-corrected chi connectivity index (χ4v) is 9.36. The number of benzene rings is 7. The van der Waals surface area contributed by atoms with Crippen LogP contribution in [-0.2, 0) is 0 Å². The Morgan fingerprint density at radius 2 is 0.896 bits per heavy atom. The molecule has 0 saturated carbocycles. The number of hydrogen-bond donors (Lipinski definition) is 0. The van der Waals surface area contributed by atoms with Crippen LogP contribution >= 0.6 is 0 Å². The highest BCUT2D eigenvalue weighted by atomic mass is 16.5. The summed E-state index contributed by atoms with van der Waals surface area (Å²) in [6, 6.07) is 57.4. The second kappa shape index (κ2) is 8.52. The maximum Gasteiger partial charge on any atom is 0.687 e. The quantitative estimate of drug-likeness (QED) is 0.179. The van der Waals surface area contributed by atoms with Gasteiger partial charge in [-0.1, -0.05) is 103 Å². The Labute approximate surface area is 275 Å². The molecule has 4 nitrogen and oxygen atoms in total. The second-order valence-electron chi connectivity index (χ2n) is 13.3. The lowest BCUT2D eigenvalue weighted by molar-refractivity contribution is -0.542. The van der Waals surface area contributed by atoms with Gasteiger partial charge in [0.25, 0.3) is 0 Å². The van der Waals surface area contributed by atoms with Crippen molar-refractivity contribution in [2.24, 2.45) is 0 Å². The van der Waals surface area contributed by atoms with Crippen molar-refractivity contribution in [2.75, 3.05) is 0 Å². The van der Waals surface area contributed by atoms with Crippen LogP contribution < -0.4 is 9.13 Å². The minimum Gasteiger partial charge on any atom is -0.619 e. The zero-order valence-corrected chi connectivity index (χ0v) is 25.8. The van der Waals surface area contributed by atoms with Gasteiger partial charge in [-0.3, -0.25) is 0 Å². The van der Waals surface area contributed by atoms with E-state index in [0.29, 0.717) is 0 Å². The van der Waals surface area contributed by atoms with Crippen LogP contribution in [0.15, 0.2) is 158 Å². The van der Waals surface area contributed by atoms with Crippen LogP contribution in [-0.4, -0.2) is 15.7 Å². The normalized spacial score (nSPS) is 14.0. The Bertz CT molecular complexity index is 2870. The molecule has 2 aliphatic heterocycles. The van der Waals surface area contributed by atoms with E-state index in [0.717, 1.165) is 28.2 Å². The van der Waals surface area contributed by atoms with Gasteiger partial charge in [0.05, 0.1) is 16.9 Å². The first kappa shape index (κ1) is 24.8. The van der Waals surface area contributed by atoms with E-state index in [2.05, 4.69) is 171 Å². The molecule has 5 heterocycles. The number of pyridine rings is 1. The highest BCUT2D eigenvalue weighted by Gasteiger charge is 2.58. The zero-order valence-electron chi connectivity index (χ0n) is 25.8. The standard InChI is InChI=1S/C43H26BN3O/c1-2-13-29(14-3-1)48-44-45-36(32-17-8-19-34-40-30-15-6-4-11-27(30)23-25-38(40)46(44)42(32)34)21-10-22-37(45)33-18-9-20-35-41-31-16-7-5-12-28(31)24-26-39(41)47(44)43(33)35/h1-26H. The summed E-state index contributed by atoms with van der Waals surface area (Å²) in [4.78, 5) is 0. The molecule has 3 aromatic heterocycles. The van der Waals surface area contributed by atoms with Crippen molar-refractivity contribution in [1.82, 2.24) is 8.96 Å². The maximum atomic E-state index is 7.75. The lowest BCUT2D eigenvalue weighted by Gasteiger charge is -2.45. The van der Waals surface area contributed by atoms with Crippen LogP contribution in [0.5, 0.6) is 5.75 Å². The van der Waals surface area contributed by atoms with Crippen molar-refractivity contribution >= 4 is 71.9 Å². The van der Waals surface area contributed by atoms with Gasteiger partial charge in [-0.05, 0) is 64.0 Å². The average Bonchev–Trinajstić information content (AvgIpc) is 3.69. The van der Waals surface area contributed by atoms with Crippen LogP contribution in [0.25, 0.3) is 87.7 Å². The van der Waals surface area contributed by atoms with Crippen LogP contribution in [0, 0.1) is 0 Å². The molecule has 0 atom stereocenters. The van der Waals surface area contributed by atoms with Gasteiger partial charge in [0, 0.05) is 55.7 Å². The molecule has 48 heavy (non-hydrogen) atoms. The largest absolute Gasteiger partial charge is 0.687 e. The van der Waals surface area contributed by atoms with E-state index in [1.807, 2.05) is 0 Å². The predicted octanol–water partition coefficient (Wildman–Crippen LogP) is 9.92. The van der Waals surface area contributed by atoms with E-state index in [-0.39, 0.29) is 0 Å². The third-order valence-corrected chi connectivity index (χ3v) is 11.1. The molecular formula is C43H26BN3O. The molecule has 10 aromatic rings. The Kier molecular flexibility index (Phi) is 4.41. The molecule has 0 bridgehead atoms. The molecule has 0 fully saturated rings. The summed E-state index contributed by atoms with van der Waals surface area (Å²) in [5.41, 5.74) is 9.45. The van der Waals surface area contributed by atoms with Gasteiger partial charge in [0.1, 0.15) is 0 Å². The van der Waals surface area contributed by atoms with E-state index < -0.39 is 6.75 Å². The average molecular weight is 612 g/mol. The molecule has 222 valence electrons. The lowest BCUT2D eigenvalue weighted by atomic mass is 9.71. The minimum absolute atomic E-state index is 0.830. The number of rotatable bonds is 2. The van der Waals surface area contributed by atoms with Crippen LogP contribution in [0.2, 0.25) is 0 Å². The summed E-state index contributed by atoms with van der Waals surface area (Å²) in [5.74, 6) is 0.830. The summed E-state index contributed by atoms with van der Waals surface area (Å²) >= 11 is 0. The van der Waals surface area contributed by atoms with E-state index in [4.69, 9.17) is 4.65 Å². The molecular weight excluding hydrogens is 585 g/mol. The first-order valence-corrected chi connectivity index (χ1v) is 16.7. The summed E-state index contributed by atoms with van der Waals surface area (Å²) in [6.07, 6.45) is 0. The van der Waals surface area contributed by atoms with Gasteiger partial charge < -0.3 is 18.1 Å². The SMILES string of the molecule is c1ccc(O[B-]23n4c5ccc6ccccc6c5c5cccc(c54)-c4cccc([n+]42)-c2cccc4c5c6ccccc6ccc5n3c24)cc1. The maximum absolute atomic E-state index is 7.75. The van der Waals surface area contributed by atoms with Crippen molar-refractivity contribution in [2.45, 2.75) is 0 Å². The minimum atomic E-state index is -2.22. The molecule has 5 heteroatoms. The Balaban J connectivity index is 1.40. The van der Waals surface area contributed by atoms with E-state index in [1.54, 1.807) is 0 Å². The van der Waals surface area contributed by atoms with Crippen LogP contribution in [0.3, 0.4) is 0 Å². The van der Waals surface area contributed by atoms with Gasteiger partial charge in [0.2, 0.25) is 0 Å². The molecule has 0 spiro atoms. The van der Waals surface area contributed by atoms with Gasteiger partial charge in [-0.25, -0.2) is 0 Å². The second-order valence-corrected chi connectivity index (χ2v) is 13.3. The lowest BCUT2D eigenvalue weighted by Crippen LogP contribution is -2.81. The summed E-state index contributed by atoms with van der Waals surface area (Å²) in [7, 11) is 0. The van der Waals surface area contributed by atoms with Crippen molar-refractivity contribution in [1.29, 1.82) is 0 Å². The van der Waals surface area contributed by atoms with Gasteiger partial charge >= 0.3 is 6.75 Å². The third kappa shape index (κ3) is 2.76. The fraction of sp³-hybridized carbons (Fsp3) is 0. The van der Waals surface area contributed by atoms with Gasteiger partial charge in [0.15, 0.2) is 11.4 Å². The zero-order chi connectivity index (χ0) is 31.1. The molecule has 12 rings (SSSR count). The molecule has 0 aliphatic carbocycles. The molecule has 0 saturated heterocycles. The van der Waals surface area contributed by atoms with Crippen molar-refractivity contribution in [3.8, 4) is 28.3 Å². The van der Waals surface area contributed by atoms with E-state index >= 15 is 0 Å². The number of aromatic nitrogens is 3. The number of para-hydroxylation sites is 3. The number of nitrogens with zero attached hydrogens (tertiary/aromatic N) is 3. The molecule has 0 N–H and O–H groups in total. The third-order valence-electron chi connectivity index (χ3n) is 11.1. The fourth-order valence-electron chi connectivity index (χ4n) is 9.36. The van der Waals surface area contributed by atoms with Gasteiger partial charge in [-0.15, -0.1) is 0 Å².